The second-order valence-electron chi connectivity index (χ2n) is 6.00. The third-order valence-electron chi connectivity index (χ3n) is 2.98. The summed E-state index contributed by atoms with van der Waals surface area (Å²) >= 11 is 0. The minimum atomic E-state index is -0.619. The third-order valence-corrected chi connectivity index (χ3v) is 2.98. The number of aromatic nitrogens is 2. The van der Waals surface area contributed by atoms with Crippen molar-refractivity contribution in [1.82, 2.24) is 15.1 Å². The van der Waals surface area contributed by atoms with Gasteiger partial charge in [0.25, 0.3) is 5.91 Å². The van der Waals surface area contributed by atoms with E-state index in [1.807, 2.05) is 0 Å². The van der Waals surface area contributed by atoms with Crippen LogP contribution in [0.15, 0.2) is 12.1 Å². The first-order chi connectivity index (χ1) is 10.3. The quantitative estimate of drug-likeness (QED) is 0.904. The van der Waals surface area contributed by atoms with Gasteiger partial charge in [-0.15, -0.1) is 10.2 Å². The zero-order valence-corrected chi connectivity index (χ0v) is 13.1. The number of hydrogen-bond donors (Lipinski definition) is 1. The summed E-state index contributed by atoms with van der Waals surface area (Å²) in [5, 5.41) is 10.1. The van der Waals surface area contributed by atoms with Gasteiger partial charge in [0.05, 0.1) is 6.10 Å². The highest BCUT2D eigenvalue weighted by Crippen LogP contribution is 2.15. The van der Waals surface area contributed by atoms with E-state index in [-0.39, 0.29) is 23.5 Å². The molecular formula is C14H20N4O4. The molecule has 1 aromatic rings. The van der Waals surface area contributed by atoms with Crippen LogP contribution < -0.4 is 5.32 Å². The highest BCUT2D eigenvalue weighted by atomic mass is 16.6. The van der Waals surface area contributed by atoms with E-state index in [2.05, 4.69) is 15.5 Å². The van der Waals surface area contributed by atoms with E-state index in [1.165, 1.54) is 12.1 Å². The molecule has 1 aromatic heterocycles. The number of rotatable bonds is 3. The number of ether oxygens (including phenoxy) is 2. The van der Waals surface area contributed by atoms with Crippen LogP contribution in [0.1, 0.15) is 31.3 Å². The first-order valence-electron chi connectivity index (χ1n) is 6.94. The highest BCUT2D eigenvalue weighted by molar-refractivity contribution is 5.93. The van der Waals surface area contributed by atoms with Crippen molar-refractivity contribution < 1.29 is 19.1 Å². The molecule has 0 unspecified atom stereocenters. The van der Waals surface area contributed by atoms with Crippen molar-refractivity contribution in [3.05, 3.63) is 17.8 Å². The number of nitrogens with zero attached hydrogens (tertiary/aromatic N) is 3. The fourth-order valence-electron chi connectivity index (χ4n) is 1.84. The number of likely N-dealkylation sites (tertiary alicyclic amines) is 1. The van der Waals surface area contributed by atoms with Crippen molar-refractivity contribution in [2.45, 2.75) is 32.5 Å². The second kappa shape index (κ2) is 6.27. The molecule has 0 saturated carbocycles. The van der Waals surface area contributed by atoms with E-state index < -0.39 is 11.7 Å². The molecule has 0 atom stereocenters. The van der Waals surface area contributed by atoms with Gasteiger partial charge in [0.2, 0.25) is 0 Å². The van der Waals surface area contributed by atoms with Crippen molar-refractivity contribution in [2.24, 2.45) is 0 Å². The number of hydrogen-bond acceptors (Lipinski definition) is 6. The number of amides is 2. The van der Waals surface area contributed by atoms with Crippen molar-refractivity contribution in [3.63, 3.8) is 0 Å². The summed E-state index contributed by atoms with van der Waals surface area (Å²) in [5.41, 5.74) is -0.368. The molecule has 1 fully saturated rings. The lowest BCUT2D eigenvalue weighted by atomic mass is 10.1. The van der Waals surface area contributed by atoms with Gasteiger partial charge in [-0.2, -0.15) is 0 Å². The Morgan fingerprint density at radius 2 is 1.95 bits per heavy atom. The molecule has 2 amide bonds. The maximum atomic E-state index is 12.1. The minimum Gasteiger partial charge on any atom is -0.444 e. The SMILES string of the molecule is COC1CN(C(=O)c2ccc(NC(=O)OC(C)(C)C)nn2)C1. The van der Waals surface area contributed by atoms with Gasteiger partial charge >= 0.3 is 6.09 Å². The van der Waals surface area contributed by atoms with Crippen molar-refractivity contribution in [1.29, 1.82) is 0 Å². The van der Waals surface area contributed by atoms with Crippen LogP contribution in [-0.4, -0.2) is 59.0 Å². The molecule has 8 heteroatoms. The monoisotopic (exact) mass is 308 g/mol. The first kappa shape index (κ1) is 16.2. The Morgan fingerprint density at radius 3 is 2.45 bits per heavy atom. The smallest absolute Gasteiger partial charge is 0.413 e. The molecule has 8 nitrogen and oxygen atoms in total. The van der Waals surface area contributed by atoms with Crippen molar-refractivity contribution in [2.75, 3.05) is 25.5 Å². The molecule has 0 radical (unpaired) electrons. The van der Waals surface area contributed by atoms with Crippen LogP contribution in [0.25, 0.3) is 0 Å². The van der Waals surface area contributed by atoms with E-state index in [0.29, 0.717) is 13.1 Å². The van der Waals surface area contributed by atoms with Gasteiger partial charge in [0.15, 0.2) is 11.5 Å². The van der Waals surface area contributed by atoms with Gasteiger partial charge in [0, 0.05) is 20.2 Å². The van der Waals surface area contributed by atoms with E-state index >= 15 is 0 Å². The lowest BCUT2D eigenvalue weighted by Gasteiger charge is -2.37. The van der Waals surface area contributed by atoms with Gasteiger partial charge in [-0.25, -0.2) is 4.79 Å². The summed E-state index contributed by atoms with van der Waals surface area (Å²) in [6, 6.07) is 3.03. The Balaban J connectivity index is 1.90. The molecule has 2 heterocycles. The molecule has 0 aliphatic carbocycles. The van der Waals surface area contributed by atoms with Crippen LogP contribution in [0.3, 0.4) is 0 Å². The van der Waals surface area contributed by atoms with E-state index in [9.17, 15) is 9.59 Å². The van der Waals surface area contributed by atoms with Crippen LogP contribution in [0.5, 0.6) is 0 Å². The Bertz CT molecular complexity index is 547. The maximum absolute atomic E-state index is 12.1. The number of anilines is 1. The summed E-state index contributed by atoms with van der Waals surface area (Å²) in [6.45, 7) is 6.39. The van der Waals surface area contributed by atoms with Crippen LogP contribution in [0, 0.1) is 0 Å². The zero-order valence-electron chi connectivity index (χ0n) is 13.1. The molecule has 1 N–H and O–H groups in total. The van der Waals surface area contributed by atoms with Gasteiger partial charge < -0.3 is 14.4 Å². The third kappa shape index (κ3) is 4.14. The summed E-state index contributed by atoms with van der Waals surface area (Å²) < 4.78 is 10.2. The van der Waals surface area contributed by atoms with Gasteiger partial charge in [-0.05, 0) is 32.9 Å². The number of nitrogens with one attached hydrogen (secondary N) is 1. The predicted octanol–water partition coefficient (Wildman–Crippen LogP) is 1.29. The average Bonchev–Trinajstić information content (AvgIpc) is 2.35. The average molecular weight is 308 g/mol. The highest BCUT2D eigenvalue weighted by Gasteiger charge is 2.31. The predicted molar refractivity (Wildman–Crippen MR) is 78.6 cm³/mol. The summed E-state index contributed by atoms with van der Waals surface area (Å²) in [6.07, 6.45) is -0.531. The van der Waals surface area contributed by atoms with E-state index in [0.717, 1.165) is 0 Å². The molecule has 1 saturated heterocycles. The minimum absolute atomic E-state index is 0.0880. The first-order valence-corrected chi connectivity index (χ1v) is 6.94. The van der Waals surface area contributed by atoms with Crippen LogP contribution in [0.2, 0.25) is 0 Å². The van der Waals surface area contributed by atoms with Crippen LogP contribution in [0.4, 0.5) is 10.6 Å². The lowest BCUT2D eigenvalue weighted by molar-refractivity contribution is -0.0195. The topological polar surface area (TPSA) is 93.7 Å². The van der Waals surface area contributed by atoms with E-state index in [4.69, 9.17) is 9.47 Å². The van der Waals surface area contributed by atoms with Crippen LogP contribution in [-0.2, 0) is 9.47 Å². The van der Waals surface area contributed by atoms with Gasteiger partial charge in [0.1, 0.15) is 5.60 Å². The molecular weight excluding hydrogens is 288 g/mol. The number of methoxy groups -OCH3 is 1. The molecule has 2 rings (SSSR count). The van der Waals surface area contributed by atoms with Gasteiger partial charge in [-0.3, -0.25) is 10.1 Å². The fourth-order valence-corrected chi connectivity index (χ4v) is 1.84. The summed E-state index contributed by atoms with van der Waals surface area (Å²) in [5.74, 6) is 0.0220. The summed E-state index contributed by atoms with van der Waals surface area (Å²) in [7, 11) is 1.61. The van der Waals surface area contributed by atoms with E-state index in [1.54, 1.807) is 32.8 Å². The fraction of sp³-hybridized carbons (Fsp3) is 0.571. The molecule has 0 aromatic carbocycles. The number of carbonyl (C=O) groups excluding carboxylic acids is 2. The Morgan fingerprint density at radius 1 is 1.27 bits per heavy atom. The molecule has 0 spiro atoms. The standard InChI is InChI=1S/C14H20N4O4/c1-14(2,3)22-13(20)15-11-6-5-10(16-17-11)12(19)18-7-9(8-18)21-4/h5-6,9H,7-8H2,1-4H3,(H,15,17,20). The molecule has 120 valence electrons. The Hall–Kier alpha value is -2.22. The Kier molecular flexibility index (Phi) is 4.60. The van der Waals surface area contributed by atoms with Crippen molar-refractivity contribution in [3.8, 4) is 0 Å². The molecule has 0 bridgehead atoms. The van der Waals surface area contributed by atoms with Crippen LogP contribution >= 0.6 is 0 Å². The van der Waals surface area contributed by atoms with Crippen molar-refractivity contribution >= 4 is 17.8 Å². The molecule has 1 aliphatic rings. The second-order valence-corrected chi connectivity index (χ2v) is 6.00. The maximum Gasteiger partial charge on any atom is 0.413 e. The Labute approximate surface area is 128 Å². The molecule has 22 heavy (non-hydrogen) atoms. The zero-order chi connectivity index (χ0) is 16.3. The summed E-state index contributed by atoms with van der Waals surface area (Å²) in [4.78, 5) is 25.3. The number of carbonyl (C=O) groups is 2. The normalized spacial score (nSPS) is 15.2. The largest absolute Gasteiger partial charge is 0.444 e. The van der Waals surface area contributed by atoms with Gasteiger partial charge in [-0.1, -0.05) is 0 Å². The molecule has 1 aliphatic heterocycles. The lowest BCUT2D eigenvalue weighted by Crippen LogP contribution is -2.54.